The van der Waals surface area contributed by atoms with Crippen molar-refractivity contribution in [3.63, 3.8) is 0 Å². The Bertz CT molecular complexity index is 923. The molecule has 0 atom stereocenters. The summed E-state index contributed by atoms with van der Waals surface area (Å²) in [6.07, 6.45) is 1.57. The smallest absolute Gasteiger partial charge is 0.259 e. The molecule has 0 unspecified atom stereocenters. The van der Waals surface area contributed by atoms with Crippen LogP contribution in [0.5, 0.6) is 11.6 Å². The Kier molecular flexibility index (Phi) is 6.15. The molecule has 3 rings (SSSR count). The summed E-state index contributed by atoms with van der Waals surface area (Å²) in [6, 6.07) is 9.63. The number of hydrogen-bond donors (Lipinski definition) is 0. The van der Waals surface area contributed by atoms with E-state index in [-0.39, 0.29) is 23.9 Å². The first kappa shape index (κ1) is 20.1. The summed E-state index contributed by atoms with van der Waals surface area (Å²) in [5.74, 6) is 0.678. The second-order valence-electron chi connectivity index (χ2n) is 6.16. The Labute approximate surface area is 164 Å². The molecule has 0 N–H and O–H groups in total. The highest BCUT2D eigenvalue weighted by atomic mass is 32.2. The molecule has 1 aromatic carbocycles. The van der Waals surface area contributed by atoms with Gasteiger partial charge in [0, 0.05) is 32.4 Å². The quantitative estimate of drug-likeness (QED) is 0.726. The fourth-order valence-corrected chi connectivity index (χ4v) is 4.43. The van der Waals surface area contributed by atoms with Gasteiger partial charge in [-0.2, -0.15) is 4.31 Å². The van der Waals surface area contributed by atoms with E-state index in [2.05, 4.69) is 4.98 Å². The predicted molar refractivity (Wildman–Crippen MR) is 103 cm³/mol. The third kappa shape index (κ3) is 4.10. The normalized spacial score (nSPS) is 15.3. The molecule has 9 heteroatoms. The Morgan fingerprint density at radius 2 is 1.79 bits per heavy atom. The number of carbonyl (C=O) groups excluding carboxylic acids is 1. The Morgan fingerprint density at radius 1 is 1.11 bits per heavy atom. The fraction of sp³-hybridized carbons (Fsp3) is 0.368. The van der Waals surface area contributed by atoms with Crippen LogP contribution in [0.3, 0.4) is 0 Å². The van der Waals surface area contributed by atoms with Crippen molar-refractivity contribution in [3.8, 4) is 11.6 Å². The third-order valence-corrected chi connectivity index (χ3v) is 6.42. The van der Waals surface area contributed by atoms with Gasteiger partial charge in [-0.1, -0.05) is 0 Å². The lowest BCUT2D eigenvalue weighted by molar-refractivity contribution is 0.0692. The molecule has 0 spiro atoms. The maximum Gasteiger partial charge on any atom is 0.259 e. The van der Waals surface area contributed by atoms with Crippen molar-refractivity contribution < 1.29 is 22.7 Å². The molecule has 0 radical (unpaired) electrons. The van der Waals surface area contributed by atoms with Gasteiger partial charge in [0.2, 0.25) is 15.9 Å². The molecule has 1 fully saturated rings. The van der Waals surface area contributed by atoms with Gasteiger partial charge in [0.25, 0.3) is 5.91 Å². The summed E-state index contributed by atoms with van der Waals surface area (Å²) in [5.41, 5.74) is 0.385. The third-order valence-electron chi connectivity index (χ3n) is 4.51. The van der Waals surface area contributed by atoms with Crippen LogP contribution in [0, 0.1) is 0 Å². The first-order chi connectivity index (χ1) is 13.5. The van der Waals surface area contributed by atoms with Crippen molar-refractivity contribution in [2.24, 2.45) is 0 Å². The number of pyridine rings is 1. The van der Waals surface area contributed by atoms with Crippen molar-refractivity contribution in [2.45, 2.75) is 11.8 Å². The van der Waals surface area contributed by atoms with Crippen molar-refractivity contribution in [1.29, 1.82) is 0 Å². The molecule has 1 saturated heterocycles. The number of nitrogens with zero attached hydrogens (tertiary/aromatic N) is 3. The summed E-state index contributed by atoms with van der Waals surface area (Å²) in [5, 5.41) is 0. The summed E-state index contributed by atoms with van der Waals surface area (Å²) >= 11 is 0. The van der Waals surface area contributed by atoms with Crippen LogP contribution in [-0.4, -0.2) is 68.4 Å². The second-order valence-corrected chi connectivity index (χ2v) is 8.10. The van der Waals surface area contributed by atoms with Crippen LogP contribution in [0.15, 0.2) is 47.5 Å². The van der Waals surface area contributed by atoms with Crippen molar-refractivity contribution >= 4 is 15.9 Å². The number of rotatable bonds is 6. The molecule has 2 heterocycles. The van der Waals surface area contributed by atoms with Crippen LogP contribution in [0.2, 0.25) is 0 Å². The van der Waals surface area contributed by atoms with E-state index in [1.807, 2.05) is 6.92 Å². The molecule has 2 aromatic rings. The van der Waals surface area contributed by atoms with Crippen molar-refractivity contribution in [2.75, 3.05) is 39.9 Å². The molecule has 1 amide bonds. The Morgan fingerprint density at radius 3 is 2.39 bits per heavy atom. The zero-order valence-electron chi connectivity index (χ0n) is 15.9. The number of hydrogen-bond acceptors (Lipinski definition) is 6. The maximum atomic E-state index is 12.8. The van der Waals surface area contributed by atoms with E-state index < -0.39 is 10.0 Å². The molecule has 8 nitrogen and oxygen atoms in total. The molecule has 1 aromatic heterocycles. The molecular formula is C19H23N3O5S. The number of piperazine rings is 1. The predicted octanol–water partition coefficient (Wildman–Crippen LogP) is 1.64. The summed E-state index contributed by atoms with van der Waals surface area (Å²) < 4.78 is 37.5. The van der Waals surface area contributed by atoms with Gasteiger partial charge in [-0.25, -0.2) is 13.4 Å². The molecule has 0 saturated carbocycles. The first-order valence-electron chi connectivity index (χ1n) is 8.98. The minimum absolute atomic E-state index is 0.207. The lowest BCUT2D eigenvalue weighted by Gasteiger charge is -2.34. The van der Waals surface area contributed by atoms with E-state index in [9.17, 15) is 13.2 Å². The molecule has 1 aliphatic heterocycles. The minimum atomic E-state index is -3.61. The number of sulfonamides is 1. The molecule has 150 valence electrons. The first-order valence-corrected chi connectivity index (χ1v) is 10.4. The lowest BCUT2D eigenvalue weighted by Crippen LogP contribution is -2.50. The Balaban J connectivity index is 1.69. The van der Waals surface area contributed by atoms with Crippen molar-refractivity contribution in [1.82, 2.24) is 14.2 Å². The molecular weight excluding hydrogens is 382 g/mol. The highest BCUT2D eigenvalue weighted by Gasteiger charge is 2.31. The highest BCUT2D eigenvalue weighted by molar-refractivity contribution is 7.89. The van der Waals surface area contributed by atoms with E-state index in [0.29, 0.717) is 36.9 Å². The number of carbonyl (C=O) groups is 1. The number of ether oxygens (including phenoxy) is 2. The average Bonchev–Trinajstić information content (AvgIpc) is 2.74. The van der Waals surface area contributed by atoms with Gasteiger partial charge in [-0.15, -0.1) is 0 Å². The Hall–Kier alpha value is -2.65. The molecule has 0 aliphatic carbocycles. The van der Waals surface area contributed by atoms with E-state index in [1.165, 1.54) is 23.5 Å². The molecule has 0 bridgehead atoms. The number of methoxy groups -OCH3 is 1. The van der Waals surface area contributed by atoms with Gasteiger partial charge in [-0.3, -0.25) is 4.79 Å². The largest absolute Gasteiger partial charge is 0.497 e. The van der Waals surface area contributed by atoms with Crippen LogP contribution in [0.1, 0.15) is 17.3 Å². The highest BCUT2D eigenvalue weighted by Crippen LogP contribution is 2.22. The minimum Gasteiger partial charge on any atom is -0.497 e. The number of aromatic nitrogens is 1. The van der Waals surface area contributed by atoms with Crippen LogP contribution in [0.4, 0.5) is 0 Å². The van der Waals surface area contributed by atoms with Crippen LogP contribution in [0.25, 0.3) is 0 Å². The summed E-state index contributed by atoms with van der Waals surface area (Å²) in [6.45, 7) is 3.29. The van der Waals surface area contributed by atoms with E-state index >= 15 is 0 Å². The molecule has 1 aliphatic rings. The van der Waals surface area contributed by atoms with Crippen molar-refractivity contribution in [3.05, 3.63) is 48.2 Å². The second kappa shape index (κ2) is 8.57. The van der Waals surface area contributed by atoms with E-state index in [4.69, 9.17) is 9.47 Å². The summed E-state index contributed by atoms with van der Waals surface area (Å²) in [4.78, 5) is 18.8. The standard InChI is InChI=1S/C19H23N3O5S/c1-3-27-18-17(5-4-10-20-18)19(23)21-11-13-22(14-12-21)28(24,25)16-8-6-15(26-2)7-9-16/h4-10H,3,11-14H2,1-2H3. The van der Waals surface area contributed by atoms with Crippen LogP contribution in [-0.2, 0) is 10.0 Å². The zero-order chi connectivity index (χ0) is 20.1. The fourth-order valence-electron chi connectivity index (χ4n) is 3.00. The monoisotopic (exact) mass is 405 g/mol. The summed E-state index contributed by atoms with van der Waals surface area (Å²) in [7, 11) is -2.09. The van der Waals surface area contributed by atoms with Crippen LogP contribution >= 0.6 is 0 Å². The van der Waals surface area contributed by atoms with Gasteiger partial charge in [-0.05, 0) is 43.3 Å². The van der Waals surface area contributed by atoms with Gasteiger partial charge in [0.05, 0.1) is 18.6 Å². The topological polar surface area (TPSA) is 89.0 Å². The molecule has 28 heavy (non-hydrogen) atoms. The van der Waals surface area contributed by atoms with Gasteiger partial charge >= 0.3 is 0 Å². The number of amides is 1. The SMILES string of the molecule is CCOc1ncccc1C(=O)N1CCN(S(=O)(=O)c2ccc(OC)cc2)CC1. The van der Waals surface area contributed by atoms with Crippen LogP contribution < -0.4 is 9.47 Å². The lowest BCUT2D eigenvalue weighted by atomic mass is 10.2. The van der Waals surface area contributed by atoms with E-state index in [1.54, 1.807) is 35.4 Å². The van der Waals surface area contributed by atoms with Gasteiger partial charge in [0.15, 0.2) is 0 Å². The maximum absolute atomic E-state index is 12.8. The average molecular weight is 405 g/mol. The zero-order valence-corrected chi connectivity index (χ0v) is 16.7. The number of benzene rings is 1. The van der Waals surface area contributed by atoms with Gasteiger partial charge in [0.1, 0.15) is 11.3 Å². The van der Waals surface area contributed by atoms with Gasteiger partial charge < -0.3 is 14.4 Å². The van der Waals surface area contributed by atoms with E-state index in [0.717, 1.165) is 0 Å².